The minimum absolute atomic E-state index is 0.224. The van der Waals surface area contributed by atoms with E-state index in [0.29, 0.717) is 5.82 Å². The fraction of sp³-hybridized carbons (Fsp3) is 0.154. The van der Waals surface area contributed by atoms with Gasteiger partial charge in [0.1, 0.15) is 23.1 Å². The van der Waals surface area contributed by atoms with Gasteiger partial charge in [-0.1, -0.05) is 18.2 Å². The predicted octanol–water partition coefficient (Wildman–Crippen LogP) is 6.39. The van der Waals surface area contributed by atoms with Gasteiger partial charge in [-0.3, -0.25) is 4.79 Å². The SMILES string of the molecule is Cc1cc2c(s1)-c1cc(-c3ccc(N)nc3)ccc1CCC2.O=CNc1c(F)cccc1F. The largest absolute Gasteiger partial charge is 0.384 e. The van der Waals surface area contributed by atoms with E-state index in [1.165, 1.54) is 50.9 Å². The maximum atomic E-state index is 12.6. The smallest absolute Gasteiger partial charge is 0.211 e. The number of hydrogen-bond acceptors (Lipinski definition) is 4. The zero-order valence-electron chi connectivity index (χ0n) is 18.1. The number of amides is 1. The summed E-state index contributed by atoms with van der Waals surface area (Å²) in [6, 6.07) is 16.4. The van der Waals surface area contributed by atoms with Gasteiger partial charge in [0, 0.05) is 21.5 Å². The van der Waals surface area contributed by atoms with Crippen molar-refractivity contribution < 1.29 is 13.6 Å². The minimum atomic E-state index is -0.780. The zero-order valence-corrected chi connectivity index (χ0v) is 18.9. The van der Waals surface area contributed by atoms with Gasteiger partial charge in [0.15, 0.2) is 0 Å². The number of aromatic nitrogens is 1. The molecule has 0 aliphatic heterocycles. The van der Waals surface area contributed by atoms with Crippen LogP contribution in [0, 0.1) is 18.6 Å². The molecule has 0 spiro atoms. The van der Waals surface area contributed by atoms with Gasteiger partial charge in [0.25, 0.3) is 0 Å². The summed E-state index contributed by atoms with van der Waals surface area (Å²) in [6.07, 6.45) is 5.66. The van der Waals surface area contributed by atoms with Crippen LogP contribution in [0.3, 0.4) is 0 Å². The van der Waals surface area contributed by atoms with Gasteiger partial charge in [0.05, 0.1) is 0 Å². The van der Waals surface area contributed by atoms with Crippen molar-refractivity contribution in [2.24, 2.45) is 0 Å². The number of benzene rings is 2. The summed E-state index contributed by atoms with van der Waals surface area (Å²) in [5.74, 6) is -0.996. The lowest BCUT2D eigenvalue weighted by molar-refractivity contribution is -0.105. The first kappa shape index (κ1) is 22.6. The second-order valence-electron chi connectivity index (χ2n) is 7.77. The van der Waals surface area contributed by atoms with Crippen LogP contribution in [0.5, 0.6) is 0 Å². The van der Waals surface area contributed by atoms with Crippen molar-refractivity contribution in [3.05, 3.63) is 88.4 Å². The van der Waals surface area contributed by atoms with Crippen LogP contribution in [0.15, 0.2) is 60.8 Å². The number of aryl methyl sites for hydroxylation is 3. The van der Waals surface area contributed by atoms with Crippen LogP contribution in [0.25, 0.3) is 21.6 Å². The molecule has 1 aliphatic carbocycles. The maximum absolute atomic E-state index is 12.6. The molecule has 1 amide bonds. The molecule has 0 radical (unpaired) electrons. The molecule has 0 unspecified atom stereocenters. The van der Waals surface area contributed by atoms with Crippen molar-refractivity contribution in [3.8, 4) is 21.6 Å². The Morgan fingerprint density at radius 3 is 2.42 bits per heavy atom. The van der Waals surface area contributed by atoms with Crippen LogP contribution >= 0.6 is 11.3 Å². The lowest BCUT2D eigenvalue weighted by Crippen LogP contribution is -1.99. The van der Waals surface area contributed by atoms with Gasteiger partial charge in [0.2, 0.25) is 6.41 Å². The number of carbonyl (C=O) groups excluding carboxylic acids is 1. The number of nitrogens with one attached hydrogen (secondary N) is 1. The van der Waals surface area contributed by atoms with E-state index in [1.807, 2.05) is 35.0 Å². The van der Waals surface area contributed by atoms with Crippen LogP contribution in [0.4, 0.5) is 20.3 Å². The standard InChI is InChI=1S/C19H18N2S.C7H5F2NO/c1-12-9-15-4-2-3-13-5-6-14(10-17(13)19(15)22-12)16-7-8-18(20)21-11-16;8-5-2-1-3-6(9)7(5)10-4-11/h5-11H,2-4H2,1H3,(H2,20,21);1-4H,(H,10,11). The fourth-order valence-electron chi connectivity index (χ4n) is 3.91. The lowest BCUT2D eigenvalue weighted by Gasteiger charge is -2.09. The molecule has 2 aromatic heterocycles. The molecule has 3 N–H and O–H groups in total. The third-order valence-electron chi connectivity index (χ3n) is 5.46. The summed E-state index contributed by atoms with van der Waals surface area (Å²) in [5, 5.41) is 1.91. The van der Waals surface area contributed by atoms with Crippen molar-refractivity contribution in [2.75, 3.05) is 11.1 Å². The molecular weight excluding hydrogens is 440 g/mol. The Hall–Kier alpha value is -3.58. The highest BCUT2D eigenvalue weighted by molar-refractivity contribution is 7.15. The van der Waals surface area contributed by atoms with E-state index in [-0.39, 0.29) is 6.41 Å². The maximum Gasteiger partial charge on any atom is 0.211 e. The first-order valence-corrected chi connectivity index (χ1v) is 11.4. The Bertz CT molecular complexity index is 1270. The fourth-order valence-corrected chi connectivity index (χ4v) is 5.02. The summed E-state index contributed by atoms with van der Waals surface area (Å²) in [4.78, 5) is 16.9. The van der Waals surface area contributed by atoms with Crippen molar-refractivity contribution in [3.63, 3.8) is 0 Å². The topological polar surface area (TPSA) is 68.0 Å². The number of fused-ring (bicyclic) bond motifs is 3. The van der Waals surface area contributed by atoms with Crippen LogP contribution in [-0.4, -0.2) is 11.4 Å². The lowest BCUT2D eigenvalue weighted by atomic mass is 9.98. The van der Waals surface area contributed by atoms with E-state index in [0.717, 1.165) is 24.1 Å². The van der Waals surface area contributed by atoms with E-state index >= 15 is 0 Å². The number of thiophene rings is 1. The number of pyridine rings is 1. The van der Waals surface area contributed by atoms with Crippen LogP contribution in [-0.2, 0) is 17.6 Å². The van der Waals surface area contributed by atoms with Crippen LogP contribution in [0.2, 0.25) is 0 Å². The van der Waals surface area contributed by atoms with Crippen molar-refractivity contribution in [1.29, 1.82) is 0 Å². The number of carbonyl (C=O) groups is 1. The summed E-state index contributed by atoms with van der Waals surface area (Å²) in [6.45, 7) is 2.20. The molecule has 2 heterocycles. The van der Waals surface area contributed by atoms with E-state index < -0.39 is 17.3 Å². The molecule has 0 saturated carbocycles. The molecule has 0 bridgehead atoms. The van der Waals surface area contributed by atoms with Gasteiger partial charge in [-0.25, -0.2) is 13.8 Å². The number of nitrogens with zero attached hydrogens (tertiary/aromatic N) is 1. The van der Waals surface area contributed by atoms with Crippen molar-refractivity contribution >= 4 is 29.3 Å². The second-order valence-corrected chi connectivity index (χ2v) is 9.02. The molecule has 5 rings (SSSR count). The van der Waals surface area contributed by atoms with Crippen molar-refractivity contribution in [1.82, 2.24) is 4.98 Å². The summed E-state index contributed by atoms with van der Waals surface area (Å²) in [5.41, 5.74) is 12.0. The highest BCUT2D eigenvalue weighted by Gasteiger charge is 2.17. The Balaban J connectivity index is 0.000000200. The number of para-hydroxylation sites is 1. The molecule has 0 atom stereocenters. The minimum Gasteiger partial charge on any atom is -0.384 e. The van der Waals surface area contributed by atoms with Gasteiger partial charge in [-0.05, 0) is 84.8 Å². The number of nitrogen functional groups attached to an aromatic ring is 1. The highest BCUT2D eigenvalue weighted by Crippen LogP contribution is 2.40. The predicted molar refractivity (Wildman–Crippen MR) is 130 cm³/mol. The van der Waals surface area contributed by atoms with Gasteiger partial charge < -0.3 is 11.1 Å². The average molecular weight is 464 g/mol. The first-order chi connectivity index (χ1) is 16.0. The van der Waals surface area contributed by atoms with Crippen LogP contribution in [0.1, 0.15) is 22.4 Å². The van der Waals surface area contributed by atoms with Gasteiger partial charge in [-0.2, -0.15) is 0 Å². The van der Waals surface area contributed by atoms with E-state index in [4.69, 9.17) is 5.73 Å². The number of nitrogens with two attached hydrogens (primary N) is 1. The summed E-state index contributed by atoms with van der Waals surface area (Å²) >= 11 is 1.92. The molecule has 4 aromatic rings. The Morgan fingerprint density at radius 2 is 1.73 bits per heavy atom. The van der Waals surface area contributed by atoms with Gasteiger partial charge >= 0.3 is 0 Å². The quantitative estimate of drug-likeness (QED) is 0.346. The third kappa shape index (κ3) is 5.09. The van der Waals surface area contributed by atoms with E-state index in [2.05, 4.69) is 36.2 Å². The normalized spacial score (nSPS) is 12.0. The Morgan fingerprint density at radius 1 is 1.00 bits per heavy atom. The molecule has 0 saturated heterocycles. The first-order valence-electron chi connectivity index (χ1n) is 10.5. The second kappa shape index (κ2) is 9.92. The average Bonchev–Trinajstić information content (AvgIpc) is 3.09. The molecule has 0 fully saturated rings. The number of rotatable bonds is 3. The number of halogens is 2. The molecular formula is C26H23F2N3OS. The Labute approximate surface area is 195 Å². The molecule has 168 valence electrons. The third-order valence-corrected chi connectivity index (χ3v) is 6.59. The molecule has 2 aromatic carbocycles. The zero-order chi connectivity index (χ0) is 23.4. The molecule has 1 aliphatic rings. The van der Waals surface area contributed by atoms with Gasteiger partial charge in [-0.15, -0.1) is 11.3 Å². The molecule has 7 heteroatoms. The summed E-state index contributed by atoms with van der Waals surface area (Å²) < 4.78 is 25.2. The summed E-state index contributed by atoms with van der Waals surface area (Å²) in [7, 11) is 0. The molecule has 4 nitrogen and oxygen atoms in total. The van der Waals surface area contributed by atoms with Crippen molar-refractivity contribution in [2.45, 2.75) is 26.2 Å². The van der Waals surface area contributed by atoms with E-state index in [9.17, 15) is 13.6 Å². The number of anilines is 2. The van der Waals surface area contributed by atoms with E-state index in [1.54, 1.807) is 0 Å². The molecule has 33 heavy (non-hydrogen) atoms. The highest BCUT2D eigenvalue weighted by atomic mass is 32.1. The number of hydrogen-bond donors (Lipinski definition) is 2. The monoisotopic (exact) mass is 463 g/mol. The Kier molecular flexibility index (Phi) is 6.79. The van der Waals surface area contributed by atoms with Crippen LogP contribution < -0.4 is 11.1 Å².